The fourth-order valence-electron chi connectivity index (χ4n) is 2.55. The molecule has 1 amide bonds. The van der Waals surface area contributed by atoms with Crippen LogP contribution in [0.5, 0.6) is 0 Å². The van der Waals surface area contributed by atoms with Gasteiger partial charge in [-0.3, -0.25) is 4.79 Å². The molecule has 1 aromatic heterocycles. The summed E-state index contributed by atoms with van der Waals surface area (Å²) in [5.41, 5.74) is 5.67. The highest BCUT2D eigenvalue weighted by atomic mass is 19.2. The first-order valence-corrected chi connectivity index (χ1v) is 6.79. The summed E-state index contributed by atoms with van der Waals surface area (Å²) in [5, 5.41) is 3.20. The lowest BCUT2D eigenvalue weighted by Crippen LogP contribution is -2.42. The Balaban J connectivity index is 1.98. The highest BCUT2D eigenvalue weighted by Crippen LogP contribution is 2.25. The number of anilines is 1. The van der Waals surface area contributed by atoms with Crippen LogP contribution in [0, 0.1) is 17.6 Å². The van der Waals surface area contributed by atoms with Crippen LogP contribution in [0.3, 0.4) is 0 Å². The molecule has 116 valence electrons. The molecule has 3 N–H and O–H groups in total. The van der Waals surface area contributed by atoms with E-state index in [4.69, 9.17) is 10.5 Å². The summed E-state index contributed by atoms with van der Waals surface area (Å²) in [6, 6.07) is 1.28. The number of nitrogens with one attached hydrogen (secondary N) is 1. The van der Waals surface area contributed by atoms with E-state index in [1.54, 1.807) is 0 Å². The number of nitrogens with zero attached hydrogens (tertiary/aromatic N) is 2. The molecular formula is C14H14F2N4O2. The SMILES string of the molecule is NC(=O)[C@H](Nc1ncnc2cc(F)c(F)cc12)[C@@H]1CCOC1. The first-order valence-electron chi connectivity index (χ1n) is 6.79. The van der Waals surface area contributed by atoms with E-state index < -0.39 is 23.6 Å². The average Bonchev–Trinajstić information content (AvgIpc) is 3.00. The van der Waals surface area contributed by atoms with Crippen molar-refractivity contribution < 1.29 is 18.3 Å². The van der Waals surface area contributed by atoms with Crippen molar-refractivity contribution in [3.05, 3.63) is 30.1 Å². The van der Waals surface area contributed by atoms with Crippen molar-refractivity contribution in [1.82, 2.24) is 9.97 Å². The third-order valence-corrected chi connectivity index (χ3v) is 3.71. The van der Waals surface area contributed by atoms with Crippen molar-refractivity contribution in [3.8, 4) is 0 Å². The molecule has 2 heterocycles. The van der Waals surface area contributed by atoms with Crippen molar-refractivity contribution in [2.45, 2.75) is 12.5 Å². The number of nitrogens with two attached hydrogens (primary N) is 1. The van der Waals surface area contributed by atoms with Crippen LogP contribution in [0.25, 0.3) is 10.9 Å². The number of hydrogen-bond acceptors (Lipinski definition) is 5. The maximum absolute atomic E-state index is 13.5. The number of fused-ring (bicyclic) bond motifs is 1. The molecule has 0 aliphatic carbocycles. The van der Waals surface area contributed by atoms with Gasteiger partial charge in [0.25, 0.3) is 0 Å². The molecule has 0 unspecified atom stereocenters. The molecule has 0 saturated carbocycles. The second-order valence-corrected chi connectivity index (χ2v) is 5.15. The first-order chi connectivity index (χ1) is 10.6. The molecule has 3 rings (SSSR count). The topological polar surface area (TPSA) is 90.1 Å². The Morgan fingerprint density at radius 1 is 1.36 bits per heavy atom. The summed E-state index contributed by atoms with van der Waals surface area (Å²) in [7, 11) is 0. The zero-order valence-electron chi connectivity index (χ0n) is 11.6. The quantitative estimate of drug-likeness (QED) is 0.886. The molecule has 6 nitrogen and oxygen atoms in total. The van der Waals surface area contributed by atoms with E-state index >= 15 is 0 Å². The van der Waals surface area contributed by atoms with Crippen LogP contribution in [-0.2, 0) is 9.53 Å². The Bertz CT molecular complexity index is 719. The van der Waals surface area contributed by atoms with Crippen LogP contribution in [-0.4, -0.2) is 35.1 Å². The second-order valence-electron chi connectivity index (χ2n) is 5.15. The lowest BCUT2D eigenvalue weighted by atomic mass is 9.98. The zero-order valence-corrected chi connectivity index (χ0v) is 11.6. The van der Waals surface area contributed by atoms with Crippen LogP contribution in [0.4, 0.5) is 14.6 Å². The molecule has 0 radical (unpaired) electrons. The highest BCUT2D eigenvalue weighted by molar-refractivity contribution is 5.91. The van der Waals surface area contributed by atoms with Gasteiger partial charge < -0.3 is 15.8 Å². The van der Waals surface area contributed by atoms with Gasteiger partial charge in [0.1, 0.15) is 18.2 Å². The molecule has 22 heavy (non-hydrogen) atoms. The third kappa shape index (κ3) is 2.69. The Labute approximate surface area is 124 Å². The highest BCUT2D eigenvalue weighted by Gasteiger charge is 2.30. The van der Waals surface area contributed by atoms with Gasteiger partial charge in [-0.2, -0.15) is 0 Å². The van der Waals surface area contributed by atoms with Crippen LogP contribution in [0.15, 0.2) is 18.5 Å². The Morgan fingerprint density at radius 3 is 2.82 bits per heavy atom. The predicted molar refractivity (Wildman–Crippen MR) is 75.0 cm³/mol. The van der Waals surface area contributed by atoms with Crippen LogP contribution in [0.1, 0.15) is 6.42 Å². The van der Waals surface area contributed by atoms with Gasteiger partial charge >= 0.3 is 0 Å². The van der Waals surface area contributed by atoms with E-state index in [0.29, 0.717) is 19.6 Å². The molecule has 0 bridgehead atoms. The van der Waals surface area contributed by atoms with E-state index in [9.17, 15) is 13.6 Å². The normalized spacial score (nSPS) is 19.3. The molecule has 1 saturated heterocycles. The van der Waals surface area contributed by atoms with Crippen LogP contribution >= 0.6 is 0 Å². The smallest absolute Gasteiger partial charge is 0.240 e. The fraction of sp³-hybridized carbons (Fsp3) is 0.357. The van der Waals surface area contributed by atoms with Gasteiger partial charge in [-0.15, -0.1) is 0 Å². The fourth-order valence-corrected chi connectivity index (χ4v) is 2.55. The van der Waals surface area contributed by atoms with Crippen molar-refractivity contribution in [3.63, 3.8) is 0 Å². The maximum Gasteiger partial charge on any atom is 0.240 e. The Hall–Kier alpha value is -2.35. The summed E-state index contributed by atoms with van der Waals surface area (Å²) < 4.78 is 32.0. The average molecular weight is 308 g/mol. The Morgan fingerprint density at radius 2 is 2.14 bits per heavy atom. The molecule has 8 heteroatoms. The van der Waals surface area contributed by atoms with Crippen LogP contribution < -0.4 is 11.1 Å². The molecule has 0 spiro atoms. The van der Waals surface area contributed by atoms with E-state index in [1.165, 1.54) is 6.33 Å². The summed E-state index contributed by atoms with van der Waals surface area (Å²) in [6.07, 6.45) is 1.90. The number of ether oxygens (including phenoxy) is 1. The number of rotatable bonds is 4. The molecule has 1 aliphatic heterocycles. The van der Waals surface area contributed by atoms with Crippen molar-refractivity contribution >= 4 is 22.6 Å². The van der Waals surface area contributed by atoms with Crippen molar-refractivity contribution in [2.24, 2.45) is 11.7 Å². The van der Waals surface area contributed by atoms with E-state index in [-0.39, 0.29) is 22.6 Å². The molecule has 2 aromatic rings. The summed E-state index contributed by atoms with van der Waals surface area (Å²) >= 11 is 0. The maximum atomic E-state index is 13.5. The van der Waals surface area contributed by atoms with E-state index in [1.807, 2.05) is 0 Å². The number of hydrogen-bond donors (Lipinski definition) is 2. The summed E-state index contributed by atoms with van der Waals surface area (Å²) in [6.45, 7) is 0.965. The van der Waals surface area contributed by atoms with Gasteiger partial charge in [-0.05, 0) is 12.5 Å². The number of primary amides is 1. The minimum atomic E-state index is -1.01. The zero-order chi connectivity index (χ0) is 15.7. The summed E-state index contributed by atoms with van der Waals surface area (Å²) in [5.74, 6) is -2.41. The lowest BCUT2D eigenvalue weighted by Gasteiger charge is -2.21. The largest absolute Gasteiger partial charge is 0.381 e. The minimum absolute atomic E-state index is 0.0900. The minimum Gasteiger partial charge on any atom is -0.381 e. The van der Waals surface area contributed by atoms with Gasteiger partial charge in [0.15, 0.2) is 11.6 Å². The van der Waals surface area contributed by atoms with Gasteiger partial charge in [-0.25, -0.2) is 18.7 Å². The standard InChI is InChI=1S/C14H14F2N4O2/c15-9-3-8-11(4-10(9)16)18-6-19-14(8)20-12(13(17)21)7-1-2-22-5-7/h3-4,6-7,12H,1-2,5H2,(H2,17,21)(H,18,19,20)/t7-,12-/m1/s1. The predicted octanol–water partition coefficient (Wildman–Crippen LogP) is 1.21. The Kier molecular flexibility index (Phi) is 3.84. The molecular weight excluding hydrogens is 294 g/mol. The van der Waals surface area contributed by atoms with Gasteiger partial charge in [0.05, 0.1) is 12.1 Å². The second kappa shape index (κ2) is 5.80. The van der Waals surface area contributed by atoms with Gasteiger partial charge in [-0.1, -0.05) is 0 Å². The molecule has 1 aliphatic rings. The monoisotopic (exact) mass is 308 g/mol. The number of amides is 1. The summed E-state index contributed by atoms with van der Waals surface area (Å²) in [4.78, 5) is 19.6. The molecule has 1 fully saturated rings. The third-order valence-electron chi connectivity index (χ3n) is 3.71. The number of aromatic nitrogens is 2. The van der Waals surface area contributed by atoms with Crippen LogP contribution in [0.2, 0.25) is 0 Å². The van der Waals surface area contributed by atoms with Crippen molar-refractivity contribution in [1.29, 1.82) is 0 Å². The van der Waals surface area contributed by atoms with Gasteiger partial charge in [0, 0.05) is 24.0 Å². The number of benzene rings is 1. The number of halogens is 2. The number of carbonyl (C=O) groups is 1. The molecule has 2 atom stereocenters. The molecule has 1 aromatic carbocycles. The first kappa shape index (κ1) is 14.6. The van der Waals surface area contributed by atoms with E-state index in [2.05, 4.69) is 15.3 Å². The van der Waals surface area contributed by atoms with Crippen molar-refractivity contribution in [2.75, 3.05) is 18.5 Å². The number of carbonyl (C=O) groups excluding carboxylic acids is 1. The van der Waals surface area contributed by atoms with Gasteiger partial charge in [0.2, 0.25) is 5.91 Å². The lowest BCUT2D eigenvalue weighted by molar-refractivity contribution is -0.119. The van der Waals surface area contributed by atoms with E-state index in [0.717, 1.165) is 12.1 Å².